The third-order valence-corrected chi connectivity index (χ3v) is 5.48. The van der Waals surface area contributed by atoms with Crippen LogP contribution in [0.5, 0.6) is 0 Å². The molecule has 2 aliphatic rings. The van der Waals surface area contributed by atoms with Crippen molar-refractivity contribution in [3.63, 3.8) is 0 Å². The van der Waals surface area contributed by atoms with Crippen molar-refractivity contribution in [3.05, 3.63) is 41.6 Å². The van der Waals surface area contributed by atoms with Crippen molar-refractivity contribution in [3.8, 4) is 5.69 Å². The van der Waals surface area contributed by atoms with Crippen molar-refractivity contribution in [1.82, 2.24) is 15.1 Å². The van der Waals surface area contributed by atoms with Gasteiger partial charge < -0.3 is 15.4 Å². The number of rotatable bonds is 4. The number of fused-ring (bicyclic) bond motifs is 1. The molecule has 4 rings (SSSR count). The second kappa shape index (κ2) is 7.51. The maximum Gasteiger partial charge on any atom is 0.314 e. The van der Waals surface area contributed by atoms with Gasteiger partial charge in [0.05, 0.1) is 17.5 Å². The number of aromatic nitrogens is 2. The quantitative estimate of drug-likeness (QED) is 0.800. The molecule has 8 heteroatoms. The second-order valence-corrected chi connectivity index (χ2v) is 7.30. The summed E-state index contributed by atoms with van der Waals surface area (Å²) >= 11 is 1.75. The number of benzene rings is 1. The Balaban J connectivity index is 1.50. The Morgan fingerprint density at radius 3 is 2.85 bits per heavy atom. The highest BCUT2D eigenvalue weighted by Crippen LogP contribution is 2.35. The highest BCUT2D eigenvalue weighted by molar-refractivity contribution is 7.98. The molecule has 2 N–H and O–H groups in total. The highest BCUT2D eigenvalue weighted by Gasteiger charge is 2.27. The van der Waals surface area contributed by atoms with Crippen molar-refractivity contribution in [2.24, 2.45) is 0 Å². The molecule has 2 aromatic rings. The summed E-state index contributed by atoms with van der Waals surface area (Å²) in [4.78, 5) is 24.5. The first-order chi connectivity index (χ1) is 12.7. The zero-order valence-corrected chi connectivity index (χ0v) is 15.1. The number of carbonyl (C=O) groups is 2. The molecule has 3 heterocycles. The van der Waals surface area contributed by atoms with Crippen LogP contribution in [0.3, 0.4) is 0 Å². The van der Waals surface area contributed by atoms with Gasteiger partial charge in [0, 0.05) is 30.2 Å². The van der Waals surface area contributed by atoms with E-state index in [4.69, 9.17) is 4.74 Å². The molecular formula is C18H20N4O3S. The van der Waals surface area contributed by atoms with Gasteiger partial charge in [0.1, 0.15) is 5.82 Å². The maximum atomic E-state index is 12.4. The van der Waals surface area contributed by atoms with E-state index in [1.807, 2.05) is 30.3 Å². The number of hydrogen-bond acceptors (Lipinski definition) is 5. The predicted molar refractivity (Wildman–Crippen MR) is 99.2 cm³/mol. The predicted octanol–water partition coefficient (Wildman–Crippen LogP) is 1.85. The molecule has 0 radical (unpaired) electrons. The highest BCUT2D eigenvalue weighted by atomic mass is 32.2. The van der Waals surface area contributed by atoms with Gasteiger partial charge in [-0.15, -0.1) is 0 Å². The molecule has 1 aromatic carbocycles. The lowest BCUT2D eigenvalue weighted by Gasteiger charge is -2.12. The number of hydrogen-bond donors (Lipinski definition) is 2. The molecule has 26 heavy (non-hydrogen) atoms. The number of ether oxygens (including phenoxy) is 1. The Kier molecular flexibility index (Phi) is 4.94. The van der Waals surface area contributed by atoms with E-state index in [1.165, 1.54) is 0 Å². The summed E-state index contributed by atoms with van der Waals surface area (Å²) in [5.74, 6) is 0.826. The van der Waals surface area contributed by atoms with Crippen LogP contribution >= 0.6 is 11.8 Å². The summed E-state index contributed by atoms with van der Waals surface area (Å²) < 4.78 is 7.17. The average molecular weight is 372 g/mol. The molecular weight excluding hydrogens is 352 g/mol. The van der Waals surface area contributed by atoms with Gasteiger partial charge in [0.2, 0.25) is 0 Å². The molecule has 0 bridgehead atoms. The summed E-state index contributed by atoms with van der Waals surface area (Å²) in [6.07, 6.45) is 1.91. The smallest absolute Gasteiger partial charge is 0.314 e. The molecule has 1 saturated heterocycles. The van der Waals surface area contributed by atoms with E-state index in [1.54, 1.807) is 16.4 Å². The van der Waals surface area contributed by atoms with Crippen molar-refractivity contribution >= 4 is 29.4 Å². The van der Waals surface area contributed by atoms with Gasteiger partial charge in [-0.25, -0.2) is 4.68 Å². The second-order valence-electron chi connectivity index (χ2n) is 6.31. The van der Waals surface area contributed by atoms with Crippen LogP contribution in [-0.4, -0.2) is 40.9 Å². The molecule has 1 atom stereocenters. The lowest BCUT2D eigenvalue weighted by molar-refractivity contribution is -0.136. The molecule has 0 saturated carbocycles. The molecule has 1 aromatic heterocycles. The van der Waals surface area contributed by atoms with Gasteiger partial charge in [0.15, 0.2) is 0 Å². The number of nitrogens with zero attached hydrogens (tertiary/aromatic N) is 2. The topological polar surface area (TPSA) is 85.2 Å². The monoisotopic (exact) mass is 372 g/mol. The van der Waals surface area contributed by atoms with Crippen molar-refractivity contribution in [1.29, 1.82) is 0 Å². The van der Waals surface area contributed by atoms with Gasteiger partial charge in [-0.2, -0.15) is 16.9 Å². The summed E-state index contributed by atoms with van der Waals surface area (Å²) in [7, 11) is 0. The lowest BCUT2D eigenvalue weighted by atomic mass is 10.2. The van der Waals surface area contributed by atoms with Gasteiger partial charge >= 0.3 is 11.8 Å². The van der Waals surface area contributed by atoms with Crippen LogP contribution in [0.4, 0.5) is 5.82 Å². The maximum absolute atomic E-state index is 12.4. The van der Waals surface area contributed by atoms with Crippen LogP contribution in [0.2, 0.25) is 0 Å². The van der Waals surface area contributed by atoms with Crippen molar-refractivity contribution in [2.45, 2.75) is 30.5 Å². The first-order valence-electron chi connectivity index (χ1n) is 8.67. The van der Waals surface area contributed by atoms with E-state index in [0.29, 0.717) is 19.0 Å². The lowest BCUT2D eigenvalue weighted by Crippen LogP contribution is -2.39. The first kappa shape index (κ1) is 17.1. The number of anilines is 1. The number of carbonyl (C=O) groups excluding carboxylic acids is 2. The minimum Gasteiger partial charge on any atom is -0.376 e. The molecule has 7 nitrogen and oxygen atoms in total. The first-order valence-corrected chi connectivity index (χ1v) is 9.82. The largest absolute Gasteiger partial charge is 0.376 e. The number of nitrogens with one attached hydrogen (secondary N) is 2. The Hall–Kier alpha value is -2.32. The van der Waals surface area contributed by atoms with Crippen LogP contribution in [0, 0.1) is 0 Å². The molecule has 2 aliphatic heterocycles. The zero-order valence-electron chi connectivity index (χ0n) is 14.2. The number of para-hydroxylation sites is 1. The Bertz CT molecular complexity index is 815. The summed E-state index contributed by atoms with van der Waals surface area (Å²) in [5, 5.41) is 10.0. The Morgan fingerprint density at radius 1 is 1.23 bits per heavy atom. The third-order valence-electron chi connectivity index (χ3n) is 4.51. The fourth-order valence-corrected chi connectivity index (χ4v) is 4.19. The van der Waals surface area contributed by atoms with Gasteiger partial charge in [-0.3, -0.25) is 9.59 Å². The van der Waals surface area contributed by atoms with Crippen LogP contribution in [0.15, 0.2) is 30.3 Å². The molecule has 136 valence electrons. The zero-order chi connectivity index (χ0) is 17.9. The standard InChI is InChI=1S/C18H20N4O3S/c23-17(19-9-13-7-4-8-25-13)18(24)20-16-14-10-26-11-15(14)21-22(16)12-5-2-1-3-6-12/h1-3,5-6,13H,4,7-11H2,(H,19,23)(H,20,24). The van der Waals surface area contributed by atoms with Crippen molar-refractivity contribution < 1.29 is 14.3 Å². The molecule has 2 amide bonds. The van der Waals surface area contributed by atoms with E-state index in [2.05, 4.69) is 15.7 Å². The minimum atomic E-state index is -0.681. The third kappa shape index (κ3) is 3.47. The molecule has 1 fully saturated rings. The van der Waals surface area contributed by atoms with Gasteiger partial charge in [-0.05, 0) is 25.0 Å². The van der Waals surface area contributed by atoms with E-state index in [9.17, 15) is 9.59 Å². The Labute approximate surface area is 155 Å². The fraction of sp³-hybridized carbons (Fsp3) is 0.389. The minimum absolute atomic E-state index is 0.00208. The van der Waals surface area contributed by atoms with E-state index < -0.39 is 11.8 Å². The molecule has 0 aliphatic carbocycles. The van der Waals surface area contributed by atoms with Gasteiger partial charge in [-0.1, -0.05) is 18.2 Å². The summed E-state index contributed by atoms with van der Waals surface area (Å²) in [6, 6.07) is 9.59. The number of amides is 2. The van der Waals surface area contributed by atoms with E-state index in [-0.39, 0.29) is 6.10 Å². The van der Waals surface area contributed by atoms with Crippen LogP contribution in [-0.2, 0) is 25.8 Å². The summed E-state index contributed by atoms with van der Waals surface area (Å²) in [5.41, 5.74) is 2.79. The van der Waals surface area contributed by atoms with E-state index in [0.717, 1.165) is 41.3 Å². The van der Waals surface area contributed by atoms with E-state index >= 15 is 0 Å². The van der Waals surface area contributed by atoms with Crippen LogP contribution in [0.25, 0.3) is 5.69 Å². The molecule has 1 unspecified atom stereocenters. The fourth-order valence-electron chi connectivity index (χ4n) is 3.15. The average Bonchev–Trinajstić information content (AvgIpc) is 3.39. The van der Waals surface area contributed by atoms with Crippen LogP contribution < -0.4 is 10.6 Å². The molecule has 0 spiro atoms. The van der Waals surface area contributed by atoms with Crippen molar-refractivity contribution in [2.75, 3.05) is 18.5 Å². The van der Waals surface area contributed by atoms with Gasteiger partial charge in [0.25, 0.3) is 0 Å². The van der Waals surface area contributed by atoms with Crippen LogP contribution in [0.1, 0.15) is 24.1 Å². The number of thioether (sulfide) groups is 1. The Morgan fingerprint density at radius 2 is 2.08 bits per heavy atom. The SMILES string of the molecule is O=C(NCC1CCCO1)C(=O)Nc1c2c(nn1-c1ccccc1)CSC2. The summed E-state index contributed by atoms with van der Waals surface area (Å²) in [6.45, 7) is 1.07. The normalized spacial score (nSPS) is 18.5.